The van der Waals surface area contributed by atoms with Gasteiger partial charge in [-0.25, -0.2) is 8.42 Å². The van der Waals surface area contributed by atoms with Crippen LogP contribution in [0.15, 0.2) is 29.2 Å². The first-order valence-electron chi connectivity index (χ1n) is 9.21. The van der Waals surface area contributed by atoms with Gasteiger partial charge in [0.2, 0.25) is 15.9 Å². The lowest BCUT2D eigenvalue weighted by molar-refractivity contribution is -0.144. The largest absolute Gasteiger partial charge is 0.481 e. The van der Waals surface area contributed by atoms with Crippen LogP contribution in [0, 0.1) is 5.92 Å². The first-order chi connectivity index (χ1) is 12.9. The van der Waals surface area contributed by atoms with E-state index in [0.717, 1.165) is 19.3 Å². The number of likely N-dealkylation sites (tertiary alicyclic amines) is 1. The Labute approximate surface area is 171 Å². The van der Waals surface area contributed by atoms with Gasteiger partial charge in [-0.05, 0) is 50.4 Å². The summed E-state index contributed by atoms with van der Waals surface area (Å²) in [6, 6.07) is 6.27. The van der Waals surface area contributed by atoms with E-state index in [2.05, 4.69) is 5.32 Å². The molecule has 2 heterocycles. The van der Waals surface area contributed by atoms with Gasteiger partial charge in [0.15, 0.2) is 0 Å². The Hall–Kier alpha value is -1.68. The predicted octanol–water partition coefficient (Wildman–Crippen LogP) is 1.63. The van der Waals surface area contributed by atoms with E-state index in [4.69, 9.17) is 5.11 Å². The van der Waals surface area contributed by atoms with Crippen molar-refractivity contribution in [2.45, 2.75) is 30.6 Å². The maximum atomic E-state index is 12.6. The lowest BCUT2D eigenvalue weighted by Crippen LogP contribution is -2.42. The molecular formula is C18H26ClN3O5S. The Bertz CT molecular complexity index is 811. The van der Waals surface area contributed by atoms with Crippen molar-refractivity contribution < 1.29 is 23.1 Å². The van der Waals surface area contributed by atoms with Gasteiger partial charge >= 0.3 is 5.97 Å². The predicted molar refractivity (Wildman–Crippen MR) is 107 cm³/mol. The number of carbonyl (C=O) groups is 2. The lowest BCUT2D eigenvalue weighted by atomic mass is 9.98. The molecule has 0 radical (unpaired) electrons. The molecule has 2 aliphatic rings. The van der Waals surface area contributed by atoms with E-state index in [1.165, 1.54) is 16.4 Å². The fourth-order valence-electron chi connectivity index (χ4n) is 3.62. The Morgan fingerprint density at radius 1 is 1.14 bits per heavy atom. The average Bonchev–Trinajstić information content (AvgIpc) is 3.17. The number of piperidine rings is 1. The zero-order valence-electron chi connectivity index (χ0n) is 15.5. The first-order valence-corrected chi connectivity index (χ1v) is 10.7. The molecule has 0 bridgehead atoms. The highest BCUT2D eigenvalue weighted by atomic mass is 35.5. The standard InChI is InChI=1S/C18H25N3O5S.ClH/c22-17(13-20-8-4-5-14(12-20)18(23)24)19-15-6-3-7-16(11-15)27(25,26)21-9-1-2-10-21;/h3,6-7,11,14H,1-2,4-5,8-10,12-13H2,(H,19,22)(H,23,24);1H. The number of rotatable bonds is 6. The van der Waals surface area contributed by atoms with E-state index in [1.54, 1.807) is 12.1 Å². The molecule has 2 N–H and O–H groups in total. The fourth-order valence-corrected chi connectivity index (χ4v) is 5.18. The number of sulfonamides is 1. The van der Waals surface area contributed by atoms with Crippen LogP contribution in [-0.4, -0.2) is 67.3 Å². The van der Waals surface area contributed by atoms with Gasteiger partial charge in [0.05, 0.1) is 17.4 Å². The van der Waals surface area contributed by atoms with Crippen molar-refractivity contribution in [2.24, 2.45) is 5.92 Å². The number of aliphatic carboxylic acids is 1. The number of nitrogens with zero attached hydrogens (tertiary/aromatic N) is 2. The molecule has 8 nitrogen and oxygen atoms in total. The second-order valence-corrected chi connectivity index (χ2v) is 9.04. The van der Waals surface area contributed by atoms with Crippen LogP contribution in [0.1, 0.15) is 25.7 Å². The van der Waals surface area contributed by atoms with Gasteiger partial charge in [-0.1, -0.05) is 6.07 Å². The number of anilines is 1. The third-order valence-electron chi connectivity index (χ3n) is 5.04. The number of hydrogen-bond donors (Lipinski definition) is 2. The van der Waals surface area contributed by atoms with Crippen LogP contribution in [-0.2, 0) is 19.6 Å². The molecule has 0 spiro atoms. The average molecular weight is 432 g/mol. The minimum Gasteiger partial charge on any atom is -0.481 e. The summed E-state index contributed by atoms with van der Waals surface area (Å²) < 4.78 is 26.7. The fraction of sp³-hybridized carbons (Fsp3) is 0.556. The van der Waals surface area contributed by atoms with Crippen molar-refractivity contribution in [3.63, 3.8) is 0 Å². The van der Waals surface area contributed by atoms with Gasteiger partial charge in [-0.3, -0.25) is 14.5 Å². The molecule has 2 fully saturated rings. The van der Waals surface area contributed by atoms with Gasteiger partial charge in [0.25, 0.3) is 0 Å². The summed E-state index contributed by atoms with van der Waals surface area (Å²) in [6.45, 7) is 2.18. The molecule has 156 valence electrons. The van der Waals surface area contributed by atoms with Crippen LogP contribution < -0.4 is 5.32 Å². The van der Waals surface area contributed by atoms with Crippen LogP contribution in [0.3, 0.4) is 0 Å². The van der Waals surface area contributed by atoms with Crippen molar-refractivity contribution in [3.05, 3.63) is 24.3 Å². The van der Waals surface area contributed by atoms with Gasteiger partial charge in [0, 0.05) is 25.3 Å². The zero-order chi connectivity index (χ0) is 19.4. The molecule has 3 rings (SSSR count). The molecule has 0 aliphatic carbocycles. The Morgan fingerprint density at radius 3 is 2.54 bits per heavy atom. The molecule has 28 heavy (non-hydrogen) atoms. The summed E-state index contributed by atoms with van der Waals surface area (Å²) in [7, 11) is -3.53. The molecule has 1 atom stereocenters. The molecule has 1 amide bonds. The van der Waals surface area contributed by atoms with E-state index >= 15 is 0 Å². The monoisotopic (exact) mass is 431 g/mol. The quantitative estimate of drug-likeness (QED) is 0.708. The Morgan fingerprint density at radius 2 is 1.86 bits per heavy atom. The highest BCUT2D eigenvalue weighted by molar-refractivity contribution is 7.89. The van der Waals surface area contributed by atoms with Gasteiger partial charge in [0.1, 0.15) is 0 Å². The normalized spacial score (nSPS) is 21.1. The number of amides is 1. The summed E-state index contributed by atoms with van der Waals surface area (Å²) >= 11 is 0. The van der Waals surface area contributed by atoms with Crippen LogP contribution in [0.4, 0.5) is 5.69 Å². The van der Waals surface area contributed by atoms with E-state index in [9.17, 15) is 18.0 Å². The highest BCUT2D eigenvalue weighted by Crippen LogP contribution is 2.23. The maximum Gasteiger partial charge on any atom is 0.307 e. The second-order valence-electron chi connectivity index (χ2n) is 7.10. The van der Waals surface area contributed by atoms with Crippen LogP contribution >= 0.6 is 12.4 Å². The highest BCUT2D eigenvalue weighted by Gasteiger charge is 2.28. The van der Waals surface area contributed by atoms with E-state index in [-0.39, 0.29) is 29.8 Å². The first kappa shape index (κ1) is 22.6. The smallest absolute Gasteiger partial charge is 0.307 e. The number of halogens is 1. The lowest BCUT2D eigenvalue weighted by Gasteiger charge is -2.29. The van der Waals surface area contributed by atoms with E-state index < -0.39 is 21.9 Å². The van der Waals surface area contributed by atoms with Crippen LogP contribution in [0.2, 0.25) is 0 Å². The van der Waals surface area contributed by atoms with Crippen molar-refractivity contribution in [3.8, 4) is 0 Å². The molecule has 10 heteroatoms. The minimum atomic E-state index is -3.53. The number of benzene rings is 1. The van der Waals surface area contributed by atoms with Gasteiger partial charge in [-0.2, -0.15) is 4.31 Å². The molecule has 1 unspecified atom stereocenters. The van der Waals surface area contributed by atoms with Crippen molar-refractivity contribution in [1.29, 1.82) is 0 Å². The van der Waals surface area contributed by atoms with Crippen LogP contribution in [0.25, 0.3) is 0 Å². The van der Waals surface area contributed by atoms with E-state index in [0.29, 0.717) is 38.3 Å². The second kappa shape index (κ2) is 9.69. The summed E-state index contributed by atoms with van der Waals surface area (Å²) in [6.07, 6.45) is 3.10. The molecule has 0 saturated carbocycles. The molecule has 2 aliphatic heterocycles. The number of carboxylic acid groups (broad SMARTS) is 1. The third-order valence-corrected chi connectivity index (χ3v) is 6.94. The number of hydrogen-bond acceptors (Lipinski definition) is 5. The molecule has 1 aromatic carbocycles. The van der Waals surface area contributed by atoms with Crippen molar-refractivity contribution >= 4 is 40.0 Å². The SMILES string of the molecule is Cl.O=C(CN1CCCC(C(=O)O)C1)Nc1cccc(S(=O)(=O)N2CCCC2)c1. The number of carboxylic acids is 1. The Balaban J connectivity index is 0.00000280. The van der Waals surface area contributed by atoms with E-state index in [1.807, 2.05) is 4.90 Å². The number of nitrogens with one attached hydrogen (secondary N) is 1. The molecule has 2 saturated heterocycles. The maximum absolute atomic E-state index is 12.6. The summed E-state index contributed by atoms with van der Waals surface area (Å²) in [4.78, 5) is 25.4. The minimum absolute atomic E-state index is 0. The third kappa shape index (κ3) is 5.44. The van der Waals surface area contributed by atoms with Crippen molar-refractivity contribution in [2.75, 3.05) is 38.0 Å². The molecule has 1 aromatic rings. The van der Waals surface area contributed by atoms with Gasteiger partial charge in [-0.15, -0.1) is 12.4 Å². The summed E-state index contributed by atoms with van der Waals surface area (Å²) in [5, 5.41) is 11.9. The van der Waals surface area contributed by atoms with Crippen molar-refractivity contribution in [1.82, 2.24) is 9.21 Å². The van der Waals surface area contributed by atoms with Crippen LogP contribution in [0.5, 0.6) is 0 Å². The Kier molecular flexibility index (Phi) is 7.82. The number of carbonyl (C=O) groups excluding carboxylic acids is 1. The topological polar surface area (TPSA) is 107 Å². The summed E-state index contributed by atoms with van der Waals surface area (Å²) in [5.74, 6) is -1.56. The van der Waals surface area contributed by atoms with Gasteiger partial charge < -0.3 is 10.4 Å². The summed E-state index contributed by atoms with van der Waals surface area (Å²) in [5.41, 5.74) is 0.423. The zero-order valence-corrected chi connectivity index (χ0v) is 17.2. The molecular weight excluding hydrogens is 406 g/mol. The molecule has 0 aromatic heterocycles.